The first-order chi connectivity index (χ1) is 27.6. The van der Waals surface area contributed by atoms with Crippen LogP contribution in [-0.2, 0) is 29.3 Å². The van der Waals surface area contributed by atoms with Crippen molar-refractivity contribution in [3.63, 3.8) is 0 Å². The Hall–Kier alpha value is -4.78. The summed E-state index contributed by atoms with van der Waals surface area (Å²) in [6.45, 7) is 2.93. The topological polar surface area (TPSA) is 234 Å². The van der Waals surface area contributed by atoms with Crippen molar-refractivity contribution >= 4 is 61.0 Å². The molecule has 312 valence electrons. The van der Waals surface area contributed by atoms with E-state index in [0.717, 1.165) is 29.7 Å². The number of fused-ring (bicyclic) bond motifs is 1. The van der Waals surface area contributed by atoms with Crippen LogP contribution in [0.1, 0.15) is 57.5 Å². The average molecular weight is 856 g/mol. The van der Waals surface area contributed by atoms with E-state index in [0.29, 0.717) is 6.42 Å². The molecule has 0 aromatic heterocycles. The Bertz CT molecular complexity index is 2110. The molecule has 0 bridgehead atoms. The summed E-state index contributed by atoms with van der Waals surface area (Å²) in [5, 5.41) is 23.5. The molecule has 5 amide bonds. The number of carbonyl (C=O) groups is 5. The number of aryl methyl sites for hydroxylation is 2. The van der Waals surface area contributed by atoms with Gasteiger partial charge in [-0.1, -0.05) is 53.9 Å². The summed E-state index contributed by atoms with van der Waals surface area (Å²) in [4.78, 5) is 63.3. The fourth-order valence-electron chi connectivity index (χ4n) is 6.76. The number of urea groups is 1. The van der Waals surface area contributed by atoms with Gasteiger partial charge in [0.25, 0.3) is 5.91 Å². The molecule has 4 atom stereocenters. The van der Waals surface area contributed by atoms with Crippen molar-refractivity contribution < 1.29 is 45.9 Å². The first kappa shape index (κ1) is 44.3. The molecule has 3 aromatic carbocycles. The third kappa shape index (κ3) is 11.9. The molecular formula is C40H49N5O10S3. The maximum absolute atomic E-state index is 13.8. The molecule has 0 saturated carbocycles. The van der Waals surface area contributed by atoms with E-state index in [1.807, 2.05) is 0 Å². The van der Waals surface area contributed by atoms with Gasteiger partial charge in [0.05, 0.1) is 45.9 Å². The van der Waals surface area contributed by atoms with Crippen LogP contribution in [0, 0.1) is 19.8 Å². The lowest BCUT2D eigenvalue weighted by atomic mass is 9.99. The highest BCUT2D eigenvalue weighted by Gasteiger charge is 2.42. The number of Topliss-reactive ketones (excluding diaryl/α,β-unsaturated/α-hetero) is 1. The first-order valence-corrected chi connectivity index (χ1v) is 23.3. The van der Waals surface area contributed by atoms with Gasteiger partial charge in [0.2, 0.25) is 11.8 Å². The van der Waals surface area contributed by atoms with Crippen LogP contribution in [0.2, 0.25) is 0 Å². The summed E-state index contributed by atoms with van der Waals surface area (Å²) in [5.74, 6) is -4.39. The maximum atomic E-state index is 13.8. The number of aliphatic hydroxyl groups excluding tert-OH is 1. The number of ketones is 1. The molecular weight excluding hydrogens is 807 g/mol. The van der Waals surface area contributed by atoms with Gasteiger partial charge >= 0.3 is 6.03 Å². The smallest absolute Gasteiger partial charge is 0.315 e. The Balaban J connectivity index is 1.10. The number of benzene rings is 3. The van der Waals surface area contributed by atoms with Crippen molar-refractivity contribution in [2.75, 3.05) is 37.0 Å². The first-order valence-electron chi connectivity index (χ1n) is 18.9. The van der Waals surface area contributed by atoms with Crippen LogP contribution >= 0.6 is 11.8 Å². The van der Waals surface area contributed by atoms with Crippen LogP contribution in [0.15, 0.2) is 82.6 Å². The van der Waals surface area contributed by atoms with E-state index in [1.54, 1.807) is 49.9 Å². The molecule has 2 aliphatic rings. The largest absolute Gasteiger partial charge is 0.394 e. The summed E-state index contributed by atoms with van der Waals surface area (Å²) in [6, 6.07) is 16.3. The number of nitrogens with one attached hydrogen (secondary N) is 5. The van der Waals surface area contributed by atoms with Crippen LogP contribution in [0.25, 0.3) is 0 Å². The van der Waals surface area contributed by atoms with Crippen molar-refractivity contribution in [3.05, 3.63) is 95.1 Å². The van der Waals surface area contributed by atoms with E-state index in [9.17, 15) is 45.9 Å². The molecule has 15 nitrogen and oxygen atoms in total. The van der Waals surface area contributed by atoms with Gasteiger partial charge in [-0.3, -0.25) is 19.2 Å². The zero-order valence-corrected chi connectivity index (χ0v) is 34.7. The number of aliphatic hydroxyl groups is 1. The van der Waals surface area contributed by atoms with Crippen molar-refractivity contribution in [2.24, 2.45) is 5.92 Å². The Morgan fingerprint density at radius 1 is 0.776 bits per heavy atom. The van der Waals surface area contributed by atoms with Crippen molar-refractivity contribution in [1.82, 2.24) is 26.6 Å². The predicted molar refractivity (Wildman–Crippen MR) is 219 cm³/mol. The van der Waals surface area contributed by atoms with E-state index in [4.69, 9.17) is 0 Å². The molecule has 18 heteroatoms. The molecule has 2 saturated heterocycles. The van der Waals surface area contributed by atoms with Gasteiger partial charge in [-0.2, -0.15) is 11.8 Å². The molecule has 0 spiro atoms. The van der Waals surface area contributed by atoms with E-state index < -0.39 is 67.3 Å². The molecule has 2 aliphatic heterocycles. The Kier molecular flexibility index (Phi) is 15.1. The van der Waals surface area contributed by atoms with E-state index in [-0.39, 0.29) is 69.7 Å². The summed E-state index contributed by atoms with van der Waals surface area (Å²) < 4.78 is 53.7. The maximum Gasteiger partial charge on any atom is 0.315 e. The molecule has 5 rings (SSSR count). The van der Waals surface area contributed by atoms with Crippen LogP contribution in [0.4, 0.5) is 4.79 Å². The molecule has 58 heavy (non-hydrogen) atoms. The lowest BCUT2D eigenvalue weighted by Crippen LogP contribution is -2.50. The molecule has 3 aromatic rings. The van der Waals surface area contributed by atoms with Gasteiger partial charge in [-0.25, -0.2) is 21.6 Å². The number of sulfone groups is 2. The second-order valence-electron chi connectivity index (χ2n) is 14.5. The number of hydrogen-bond acceptors (Lipinski definition) is 11. The fourth-order valence-corrected chi connectivity index (χ4v) is 11.5. The third-order valence-corrected chi connectivity index (χ3v) is 15.2. The summed E-state index contributed by atoms with van der Waals surface area (Å²) >= 11 is 1.79. The number of carbonyl (C=O) groups excluding carboxylic acids is 5. The SMILES string of the molecule is Cc1ccc(S(=O)(=O)CC(CS(=O)(=O)c2ccc(C)cc2)C(=O)c2ccc(C(=O)NCCNC(=O)C(CO)NC(=O)CCCCC3SCC4NC(=O)NC43)cc2)cc1. The van der Waals surface area contributed by atoms with Gasteiger partial charge in [-0.15, -0.1) is 0 Å². The lowest BCUT2D eigenvalue weighted by molar-refractivity contribution is -0.130. The van der Waals surface area contributed by atoms with E-state index >= 15 is 0 Å². The minimum atomic E-state index is -4.08. The highest BCUT2D eigenvalue weighted by molar-refractivity contribution is 8.00. The van der Waals surface area contributed by atoms with Crippen molar-refractivity contribution in [2.45, 2.75) is 72.7 Å². The number of unbranched alkanes of at least 4 members (excludes halogenated alkanes) is 1. The second-order valence-corrected chi connectivity index (χ2v) is 19.9. The van der Waals surface area contributed by atoms with Gasteiger partial charge in [0.15, 0.2) is 25.5 Å². The van der Waals surface area contributed by atoms with Crippen LogP contribution in [0.3, 0.4) is 0 Å². The zero-order chi connectivity index (χ0) is 42.0. The monoisotopic (exact) mass is 855 g/mol. The molecule has 0 radical (unpaired) electrons. The van der Waals surface area contributed by atoms with Crippen LogP contribution in [0.5, 0.6) is 0 Å². The summed E-state index contributed by atoms with van der Waals surface area (Å²) in [5.41, 5.74) is 1.83. The van der Waals surface area contributed by atoms with Crippen molar-refractivity contribution in [1.29, 1.82) is 0 Å². The van der Waals surface area contributed by atoms with Gasteiger partial charge in [-0.05, 0) is 63.1 Å². The Morgan fingerprint density at radius 2 is 1.33 bits per heavy atom. The molecule has 0 aliphatic carbocycles. The quantitative estimate of drug-likeness (QED) is 0.0547. The van der Waals surface area contributed by atoms with Crippen LogP contribution < -0.4 is 26.6 Å². The van der Waals surface area contributed by atoms with Crippen molar-refractivity contribution in [3.8, 4) is 0 Å². The van der Waals surface area contributed by atoms with Gasteiger partial charge in [0.1, 0.15) is 6.04 Å². The number of hydrogen-bond donors (Lipinski definition) is 6. The highest BCUT2D eigenvalue weighted by Crippen LogP contribution is 2.33. The van der Waals surface area contributed by atoms with E-state index in [1.165, 1.54) is 48.5 Å². The average Bonchev–Trinajstić information content (AvgIpc) is 3.75. The normalized spacial score (nSPS) is 18.1. The Morgan fingerprint density at radius 3 is 1.90 bits per heavy atom. The molecule has 4 unspecified atom stereocenters. The second kappa shape index (κ2) is 19.8. The summed E-state index contributed by atoms with van der Waals surface area (Å²) in [7, 11) is -8.16. The van der Waals surface area contributed by atoms with Gasteiger partial charge in [0, 0.05) is 41.6 Å². The minimum absolute atomic E-state index is 0.00975. The third-order valence-electron chi connectivity index (χ3n) is 10.0. The zero-order valence-electron chi connectivity index (χ0n) is 32.2. The number of thioether (sulfide) groups is 1. The van der Waals surface area contributed by atoms with Crippen LogP contribution in [-0.4, -0.2) is 112 Å². The predicted octanol–water partition coefficient (Wildman–Crippen LogP) is 2.10. The number of rotatable bonds is 20. The lowest BCUT2D eigenvalue weighted by Gasteiger charge is -2.18. The number of amides is 5. The molecule has 2 heterocycles. The van der Waals surface area contributed by atoms with E-state index in [2.05, 4.69) is 26.6 Å². The molecule has 6 N–H and O–H groups in total. The van der Waals surface area contributed by atoms with Gasteiger partial charge < -0.3 is 31.7 Å². The Labute approximate surface area is 342 Å². The summed E-state index contributed by atoms with van der Waals surface area (Å²) in [6.07, 6.45) is 2.34. The fraction of sp³-hybridized carbons (Fsp3) is 0.425. The minimum Gasteiger partial charge on any atom is -0.394 e. The standard InChI is InChI=1S/C40H49N5O10S3/c1-25-7-15-30(16-8-25)57(52,53)23-29(24-58(54,55)31-17-9-26(2)10-18-31)37(48)27-11-13-28(14-12-27)38(49)41-19-20-42-39(50)32(21-46)43-35(47)6-4-3-5-34-36-33(22-56-34)44-40(51)45-36/h7-18,29,32-34,36,46H,3-6,19-24H2,1-2H3,(H,41,49)(H,42,50)(H,43,47)(H2,44,45,51). The molecule has 2 fully saturated rings. The highest BCUT2D eigenvalue weighted by atomic mass is 32.2.